The van der Waals surface area contributed by atoms with Crippen LogP contribution in [0.2, 0.25) is 0 Å². The molecule has 0 atom stereocenters. The van der Waals surface area contributed by atoms with E-state index in [0.29, 0.717) is 26.2 Å². The summed E-state index contributed by atoms with van der Waals surface area (Å²) in [4.78, 5) is 14.6. The van der Waals surface area contributed by atoms with Crippen LogP contribution in [0, 0.1) is 6.92 Å². The highest BCUT2D eigenvalue weighted by atomic mass is 32.2. The molecule has 168 valence electrons. The van der Waals surface area contributed by atoms with Gasteiger partial charge in [0.15, 0.2) is 0 Å². The molecule has 3 aromatic carbocycles. The number of piperazine rings is 1. The predicted octanol–water partition coefficient (Wildman–Crippen LogP) is 2.96. The van der Waals surface area contributed by atoms with Gasteiger partial charge in [-0.3, -0.25) is 4.79 Å². The number of nitrogens with one attached hydrogen (secondary N) is 1. The zero-order chi connectivity index (χ0) is 22.6. The highest BCUT2D eigenvalue weighted by Gasteiger charge is 2.27. The lowest BCUT2D eigenvalue weighted by Crippen LogP contribution is -2.50. The van der Waals surface area contributed by atoms with Gasteiger partial charge in [0.25, 0.3) is 0 Å². The van der Waals surface area contributed by atoms with Crippen molar-refractivity contribution in [1.29, 1.82) is 0 Å². The van der Waals surface area contributed by atoms with Gasteiger partial charge in [0.2, 0.25) is 15.9 Å². The molecule has 32 heavy (non-hydrogen) atoms. The van der Waals surface area contributed by atoms with Gasteiger partial charge in [-0.15, -0.1) is 0 Å². The second-order valence-electron chi connectivity index (χ2n) is 8.21. The van der Waals surface area contributed by atoms with Crippen molar-refractivity contribution in [2.24, 2.45) is 0 Å². The van der Waals surface area contributed by atoms with Crippen LogP contribution < -0.4 is 10.2 Å². The molecule has 0 spiro atoms. The highest BCUT2D eigenvalue weighted by molar-refractivity contribution is 7.89. The minimum absolute atomic E-state index is 0.0846. The van der Waals surface area contributed by atoms with Gasteiger partial charge in [0.05, 0.1) is 12.2 Å². The fraction of sp³-hybridized carbons (Fsp3) is 0.320. The first-order valence-electron chi connectivity index (χ1n) is 11.0. The van der Waals surface area contributed by atoms with E-state index in [9.17, 15) is 13.2 Å². The summed E-state index contributed by atoms with van der Waals surface area (Å²) in [5, 5.41) is 4.91. The standard InChI is InChI=1S/C25H29N3O3S/c1-20-6-4-10-23(18-20)27-13-15-28(16-14-27)32(30,31)17-12-26-25(29)19-22-9-5-8-21-7-2-3-11-24(21)22/h2-11,18H,12-17,19H2,1H3,(H,26,29). The molecule has 1 heterocycles. The van der Waals surface area contributed by atoms with Gasteiger partial charge in [-0.25, -0.2) is 8.42 Å². The van der Waals surface area contributed by atoms with Crippen molar-refractivity contribution in [3.8, 4) is 0 Å². The molecular weight excluding hydrogens is 422 g/mol. The molecule has 1 aliphatic rings. The third-order valence-electron chi connectivity index (χ3n) is 5.91. The Labute approximate surface area is 189 Å². The van der Waals surface area contributed by atoms with E-state index in [1.807, 2.05) is 48.5 Å². The average molecular weight is 452 g/mol. The summed E-state index contributed by atoms with van der Waals surface area (Å²) in [6, 6.07) is 22.1. The Morgan fingerprint density at radius 3 is 2.44 bits per heavy atom. The van der Waals surface area contributed by atoms with E-state index in [0.717, 1.165) is 22.0 Å². The Morgan fingerprint density at radius 1 is 0.938 bits per heavy atom. The van der Waals surface area contributed by atoms with Gasteiger partial charge in [0.1, 0.15) is 0 Å². The smallest absolute Gasteiger partial charge is 0.224 e. The number of hydrogen-bond donors (Lipinski definition) is 1. The summed E-state index contributed by atoms with van der Waals surface area (Å²) in [5.74, 6) is -0.251. The van der Waals surface area contributed by atoms with Gasteiger partial charge in [-0.05, 0) is 41.0 Å². The van der Waals surface area contributed by atoms with Crippen molar-refractivity contribution in [3.63, 3.8) is 0 Å². The summed E-state index contributed by atoms with van der Waals surface area (Å²) in [7, 11) is -3.41. The third-order valence-corrected chi connectivity index (χ3v) is 7.78. The van der Waals surface area contributed by atoms with E-state index in [1.54, 1.807) is 0 Å². The maximum atomic E-state index is 12.8. The molecular formula is C25H29N3O3S. The van der Waals surface area contributed by atoms with Crippen LogP contribution >= 0.6 is 0 Å². The summed E-state index contributed by atoms with van der Waals surface area (Å²) in [6.45, 7) is 4.41. The van der Waals surface area contributed by atoms with Crippen molar-refractivity contribution >= 4 is 32.4 Å². The summed E-state index contributed by atoms with van der Waals surface area (Å²) in [5.41, 5.74) is 3.26. The van der Waals surface area contributed by atoms with Crippen molar-refractivity contribution in [3.05, 3.63) is 77.9 Å². The van der Waals surface area contributed by atoms with E-state index in [4.69, 9.17) is 0 Å². The molecule has 1 fully saturated rings. The topological polar surface area (TPSA) is 69.7 Å². The molecule has 0 saturated carbocycles. The van der Waals surface area contributed by atoms with E-state index >= 15 is 0 Å². The number of sulfonamides is 1. The summed E-state index contributed by atoms with van der Waals surface area (Å²) < 4.78 is 27.0. The normalized spacial score (nSPS) is 15.1. The van der Waals surface area contributed by atoms with Crippen LogP contribution in [0.15, 0.2) is 66.7 Å². The number of hydrogen-bond acceptors (Lipinski definition) is 4. The van der Waals surface area contributed by atoms with Gasteiger partial charge in [0, 0.05) is 38.4 Å². The van der Waals surface area contributed by atoms with Gasteiger partial charge in [-0.2, -0.15) is 4.31 Å². The third kappa shape index (κ3) is 5.29. The molecule has 4 rings (SSSR count). The van der Waals surface area contributed by atoms with Crippen molar-refractivity contribution in [1.82, 2.24) is 9.62 Å². The molecule has 0 unspecified atom stereocenters. The maximum absolute atomic E-state index is 12.8. The monoisotopic (exact) mass is 451 g/mol. The molecule has 1 aliphatic heterocycles. The molecule has 3 aromatic rings. The molecule has 7 heteroatoms. The van der Waals surface area contributed by atoms with Gasteiger partial charge >= 0.3 is 0 Å². The fourth-order valence-electron chi connectivity index (χ4n) is 4.18. The Balaban J connectivity index is 1.27. The van der Waals surface area contributed by atoms with E-state index in [2.05, 4.69) is 35.3 Å². The largest absolute Gasteiger partial charge is 0.369 e. The van der Waals surface area contributed by atoms with Crippen LogP contribution in [0.25, 0.3) is 10.8 Å². The minimum atomic E-state index is -3.41. The quantitative estimate of drug-likeness (QED) is 0.600. The number of amides is 1. The Morgan fingerprint density at radius 2 is 1.66 bits per heavy atom. The van der Waals surface area contributed by atoms with Gasteiger partial charge in [-0.1, -0.05) is 54.6 Å². The first kappa shape index (κ1) is 22.3. The maximum Gasteiger partial charge on any atom is 0.224 e. The lowest BCUT2D eigenvalue weighted by atomic mass is 10.0. The Hall–Kier alpha value is -2.90. The predicted molar refractivity (Wildman–Crippen MR) is 129 cm³/mol. The van der Waals surface area contributed by atoms with Crippen LogP contribution in [0.3, 0.4) is 0 Å². The molecule has 0 radical (unpaired) electrons. The van der Waals surface area contributed by atoms with Crippen molar-refractivity contribution in [2.45, 2.75) is 13.3 Å². The highest BCUT2D eigenvalue weighted by Crippen LogP contribution is 2.20. The summed E-state index contributed by atoms with van der Waals surface area (Å²) >= 11 is 0. The van der Waals surface area contributed by atoms with E-state index < -0.39 is 10.0 Å². The number of rotatable bonds is 7. The number of benzene rings is 3. The molecule has 1 N–H and O–H groups in total. The summed E-state index contributed by atoms with van der Waals surface area (Å²) in [6.07, 6.45) is 0.233. The minimum Gasteiger partial charge on any atom is -0.369 e. The number of carbonyl (C=O) groups is 1. The second kappa shape index (κ2) is 9.71. The molecule has 6 nitrogen and oxygen atoms in total. The SMILES string of the molecule is Cc1cccc(N2CCN(S(=O)(=O)CCNC(=O)Cc3cccc4ccccc34)CC2)c1. The number of nitrogens with zero attached hydrogens (tertiary/aromatic N) is 2. The average Bonchev–Trinajstić information content (AvgIpc) is 2.79. The second-order valence-corrected chi connectivity index (χ2v) is 10.3. The van der Waals surface area contributed by atoms with Crippen molar-refractivity contribution < 1.29 is 13.2 Å². The lowest BCUT2D eigenvalue weighted by Gasteiger charge is -2.35. The zero-order valence-electron chi connectivity index (χ0n) is 18.3. The number of fused-ring (bicyclic) bond motifs is 1. The molecule has 1 amide bonds. The number of aryl methyl sites for hydroxylation is 1. The fourth-order valence-corrected chi connectivity index (χ4v) is 5.52. The first-order valence-corrected chi connectivity index (χ1v) is 12.6. The molecule has 0 aliphatic carbocycles. The lowest BCUT2D eigenvalue weighted by molar-refractivity contribution is -0.120. The Bertz CT molecular complexity index is 1200. The number of carbonyl (C=O) groups excluding carboxylic acids is 1. The zero-order valence-corrected chi connectivity index (χ0v) is 19.1. The van der Waals surface area contributed by atoms with E-state index in [-0.39, 0.29) is 24.6 Å². The van der Waals surface area contributed by atoms with Crippen LogP contribution in [0.1, 0.15) is 11.1 Å². The number of anilines is 1. The molecule has 0 bridgehead atoms. The molecule has 0 aromatic heterocycles. The Kier molecular flexibility index (Phi) is 6.77. The van der Waals surface area contributed by atoms with Crippen LogP contribution in [0.5, 0.6) is 0 Å². The van der Waals surface area contributed by atoms with Gasteiger partial charge < -0.3 is 10.2 Å². The molecule has 1 saturated heterocycles. The van der Waals surface area contributed by atoms with Crippen LogP contribution in [-0.4, -0.2) is 57.1 Å². The van der Waals surface area contributed by atoms with Crippen molar-refractivity contribution in [2.75, 3.05) is 43.4 Å². The first-order chi connectivity index (χ1) is 15.4. The van der Waals surface area contributed by atoms with E-state index in [1.165, 1.54) is 9.87 Å². The van der Waals surface area contributed by atoms with Crippen LogP contribution in [0.4, 0.5) is 5.69 Å². The van der Waals surface area contributed by atoms with Crippen LogP contribution in [-0.2, 0) is 21.2 Å².